The molecule has 0 aliphatic carbocycles. The van der Waals surface area contributed by atoms with E-state index in [2.05, 4.69) is 5.32 Å². The number of aryl methyl sites for hydroxylation is 1. The van der Waals surface area contributed by atoms with Gasteiger partial charge in [0.1, 0.15) is 18.1 Å². The molecule has 1 amide bonds. The summed E-state index contributed by atoms with van der Waals surface area (Å²) < 4.78 is 46.9. The number of halogens is 1. The van der Waals surface area contributed by atoms with E-state index in [0.29, 0.717) is 18.8 Å². The minimum absolute atomic E-state index is 0.00125. The number of nitrogens with one attached hydrogen (secondary N) is 1. The maximum atomic E-state index is 13.5. The Morgan fingerprint density at radius 1 is 0.971 bits per heavy atom. The first-order chi connectivity index (χ1) is 16.2. The number of sulfonamides is 1. The van der Waals surface area contributed by atoms with E-state index in [-0.39, 0.29) is 16.6 Å². The highest BCUT2D eigenvalue weighted by atomic mass is 32.2. The minimum Gasteiger partial charge on any atom is -0.494 e. The van der Waals surface area contributed by atoms with Gasteiger partial charge in [0.25, 0.3) is 10.0 Å². The Hall–Kier alpha value is -3.39. The van der Waals surface area contributed by atoms with E-state index in [1.165, 1.54) is 24.3 Å². The molecule has 0 bridgehead atoms. The first kappa shape index (κ1) is 25.2. The number of hydrogen-bond acceptors (Lipinski definition) is 4. The van der Waals surface area contributed by atoms with Crippen molar-refractivity contribution in [1.82, 2.24) is 5.32 Å². The molecule has 6 nitrogen and oxygen atoms in total. The maximum absolute atomic E-state index is 13.5. The Kier molecular flexibility index (Phi) is 8.28. The van der Waals surface area contributed by atoms with Gasteiger partial charge in [-0.2, -0.15) is 0 Å². The van der Waals surface area contributed by atoms with Gasteiger partial charge in [0.2, 0.25) is 5.91 Å². The molecule has 0 saturated carbocycles. The van der Waals surface area contributed by atoms with Gasteiger partial charge in [-0.05, 0) is 74.4 Å². The summed E-state index contributed by atoms with van der Waals surface area (Å²) in [4.78, 5) is 13.0. The van der Waals surface area contributed by atoms with Crippen molar-refractivity contribution < 1.29 is 22.3 Å². The Morgan fingerprint density at radius 3 is 2.15 bits per heavy atom. The van der Waals surface area contributed by atoms with Crippen molar-refractivity contribution >= 4 is 21.6 Å². The Labute approximate surface area is 200 Å². The van der Waals surface area contributed by atoms with Gasteiger partial charge in [0.05, 0.1) is 23.2 Å². The number of carbonyl (C=O) groups excluding carboxylic acids is 1. The molecule has 0 unspecified atom stereocenters. The molecule has 34 heavy (non-hydrogen) atoms. The van der Waals surface area contributed by atoms with Gasteiger partial charge in [0.15, 0.2) is 0 Å². The average molecular weight is 485 g/mol. The minimum atomic E-state index is -4.11. The molecule has 8 heteroatoms. The molecule has 0 heterocycles. The van der Waals surface area contributed by atoms with E-state index in [1.807, 2.05) is 45.0 Å². The quantitative estimate of drug-likeness (QED) is 0.440. The Balaban J connectivity index is 1.89. The molecule has 0 spiro atoms. The van der Waals surface area contributed by atoms with Crippen LogP contribution in [0.15, 0.2) is 77.7 Å². The lowest BCUT2D eigenvalue weighted by Crippen LogP contribution is -2.42. The van der Waals surface area contributed by atoms with Crippen LogP contribution < -0.4 is 14.4 Å². The predicted octanol–water partition coefficient (Wildman–Crippen LogP) is 5.00. The molecule has 180 valence electrons. The molecule has 0 aromatic heterocycles. The molecular formula is C26H29FN2O4S. The second-order valence-corrected chi connectivity index (χ2v) is 9.69. The monoisotopic (exact) mass is 484 g/mol. The van der Waals surface area contributed by atoms with E-state index < -0.39 is 28.3 Å². The number of nitrogens with zero attached hydrogens (tertiary/aromatic N) is 1. The zero-order valence-electron chi connectivity index (χ0n) is 19.5. The first-order valence-corrected chi connectivity index (χ1v) is 12.6. The van der Waals surface area contributed by atoms with Gasteiger partial charge in [0, 0.05) is 0 Å². The normalized spacial score (nSPS) is 12.1. The fourth-order valence-corrected chi connectivity index (χ4v) is 4.94. The third-order valence-electron chi connectivity index (χ3n) is 5.35. The summed E-state index contributed by atoms with van der Waals surface area (Å²) in [6, 6.07) is 18.5. The van der Waals surface area contributed by atoms with Crippen molar-refractivity contribution in [3.63, 3.8) is 0 Å². The van der Waals surface area contributed by atoms with Crippen LogP contribution in [-0.2, 0) is 14.8 Å². The molecule has 0 aliphatic heterocycles. The average Bonchev–Trinajstić information content (AvgIpc) is 2.83. The summed E-state index contributed by atoms with van der Waals surface area (Å²) in [5.41, 5.74) is 2.23. The van der Waals surface area contributed by atoms with Crippen molar-refractivity contribution in [2.45, 2.75) is 38.1 Å². The van der Waals surface area contributed by atoms with Crippen LogP contribution in [0, 0.1) is 12.7 Å². The smallest absolute Gasteiger partial charge is 0.264 e. The summed E-state index contributed by atoms with van der Waals surface area (Å²) in [5.74, 6) is -0.431. The van der Waals surface area contributed by atoms with Crippen molar-refractivity contribution in [1.29, 1.82) is 0 Å². The lowest BCUT2D eigenvalue weighted by molar-refractivity contribution is -0.120. The molecule has 0 fully saturated rings. The fraction of sp³-hybridized carbons (Fsp3) is 0.269. The van der Waals surface area contributed by atoms with Crippen molar-refractivity contribution in [2.75, 3.05) is 17.5 Å². The summed E-state index contributed by atoms with van der Waals surface area (Å²) in [6.07, 6.45) is 0.636. The van der Waals surface area contributed by atoms with E-state index in [0.717, 1.165) is 27.6 Å². The number of rotatable bonds is 10. The van der Waals surface area contributed by atoms with Crippen LogP contribution in [0.3, 0.4) is 0 Å². The lowest BCUT2D eigenvalue weighted by Gasteiger charge is -2.26. The third-order valence-corrected chi connectivity index (χ3v) is 7.14. The SMILES string of the molecule is CCOc1ccc(S(=O)(=O)N(CC(=O)N[C@@H](CC)c2ccc(C)cc2)c2ccc(F)cc2)cc1. The number of anilines is 1. The number of benzene rings is 3. The molecule has 3 aromatic rings. The topological polar surface area (TPSA) is 75.7 Å². The van der Waals surface area contributed by atoms with Gasteiger partial charge in [-0.25, -0.2) is 12.8 Å². The molecule has 0 saturated heterocycles. The summed E-state index contributed by atoms with van der Waals surface area (Å²) in [5, 5.41) is 2.92. The zero-order valence-corrected chi connectivity index (χ0v) is 20.3. The first-order valence-electron chi connectivity index (χ1n) is 11.1. The van der Waals surface area contributed by atoms with Gasteiger partial charge in [-0.15, -0.1) is 0 Å². The van der Waals surface area contributed by atoms with Gasteiger partial charge in [-0.1, -0.05) is 36.8 Å². The highest BCUT2D eigenvalue weighted by Crippen LogP contribution is 2.26. The number of ether oxygens (including phenoxy) is 1. The van der Waals surface area contributed by atoms with Crippen LogP contribution >= 0.6 is 0 Å². The van der Waals surface area contributed by atoms with Crippen LogP contribution in [0.2, 0.25) is 0 Å². The fourth-order valence-electron chi connectivity index (χ4n) is 3.51. The summed E-state index contributed by atoms with van der Waals surface area (Å²) >= 11 is 0. The number of hydrogen-bond donors (Lipinski definition) is 1. The van der Waals surface area contributed by atoms with Crippen LogP contribution in [0.1, 0.15) is 37.4 Å². The number of amides is 1. The van der Waals surface area contributed by atoms with Crippen LogP contribution in [0.4, 0.5) is 10.1 Å². The van der Waals surface area contributed by atoms with Crippen molar-refractivity contribution in [3.8, 4) is 5.75 Å². The van der Waals surface area contributed by atoms with E-state index in [1.54, 1.807) is 12.1 Å². The third kappa shape index (κ3) is 6.14. The van der Waals surface area contributed by atoms with E-state index in [4.69, 9.17) is 4.74 Å². The van der Waals surface area contributed by atoms with E-state index in [9.17, 15) is 17.6 Å². The van der Waals surface area contributed by atoms with Crippen molar-refractivity contribution in [3.05, 3.63) is 89.7 Å². The molecule has 3 aromatic carbocycles. The highest BCUT2D eigenvalue weighted by molar-refractivity contribution is 7.92. The van der Waals surface area contributed by atoms with Crippen LogP contribution in [0.25, 0.3) is 0 Å². The van der Waals surface area contributed by atoms with Crippen LogP contribution in [-0.4, -0.2) is 27.5 Å². The molecule has 0 aliphatic rings. The van der Waals surface area contributed by atoms with Gasteiger partial charge >= 0.3 is 0 Å². The summed E-state index contributed by atoms with van der Waals surface area (Å²) in [7, 11) is -4.11. The molecule has 0 radical (unpaired) electrons. The second-order valence-electron chi connectivity index (χ2n) is 7.83. The van der Waals surface area contributed by atoms with Crippen molar-refractivity contribution in [2.24, 2.45) is 0 Å². The van der Waals surface area contributed by atoms with E-state index >= 15 is 0 Å². The molecule has 3 rings (SSSR count). The Morgan fingerprint density at radius 2 is 1.59 bits per heavy atom. The van der Waals surface area contributed by atoms with Gasteiger partial charge < -0.3 is 10.1 Å². The largest absolute Gasteiger partial charge is 0.494 e. The highest BCUT2D eigenvalue weighted by Gasteiger charge is 2.28. The molecule has 1 atom stereocenters. The predicted molar refractivity (Wildman–Crippen MR) is 131 cm³/mol. The Bertz CT molecular complexity index is 1200. The molecule has 1 N–H and O–H groups in total. The lowest BCUT2D eigenvalue weighted by atomic mass is 10.0. The summed E-state index contributed by atoms with van der Waals surface area (Å²) in [6.45, 7) is 5.76. The van der Waals surface area contributed by atoms with Crippen LogP contribution in [0.5, 0.6) is 5.75 Å². The van der Waals surface area contributed by atoms with Gasteiger partial charge in [-0.3, -0.25) is 9.10 Å². The maximum Gasteiger partial charge on any atom is 0.264 e. The molecular weight excluding hydrogens is 455 g/mol. The zero-order chi connectivity index (χ0) is 24.7. The standard InChI is InChI=1S/C26H29FN2O4S/c1-4-25(20-8-6-19(3)7-9-20)28-26(30)18-29(22-12-10-21(27)11-13-22)34(31,32)24-16-14-23(15-17-24)33-5-2/h6-17,25H,4-5,18H2,1-3H3,(H,28,30)/t25-/m0/s1. The second kappa shape index (κ2) is 11.2. The number of carbonyl (C=O) groups is 1.